The van der Waals surface area contributed by atoms with Crippen LogP contribution in [-0.2, 0) is 38.8 Å². The maximum Gasteiger partial charge on any atom is 0.264 e. The third-order valence-corrected chi connectivity index (χ3v) is 9.07. The van der Waals surface area contributed by atoms with Gasteiger partial charge >= 0.3 is 0 Å². The predicted molar refractivity (Wildman–Crippen MR) is 202 cm³/mol. The van der Waals surface area contributed by atoms with Gasteiger partial charge in [0.1, 0.15) is 30.6 Å². The van der Waals surface area contributed by atoms with Crippen molar-refractivity contribution in [1.82, 2.24) is 30.5 Å². The number of fused-ring (bicyclic) bond motifs is 1. The monoisotopic (exact) mass is 777 g/mol. The van der Waals surface area contributed by atoms with Crippen molar-refractivity contribution in [2.75, 3.05) is 25.6 Å². The van der Waals surface area contributed by atoms with Crippen LogP contribution >= 0.6 is 0 Å². The van der Waals surface area contributed by atoms with Gasteiger partial charge in [-0.1, -0.05) is 29.5 Å². The number of rotatable bonds is 16. The van der Waals surface area contributed by atoms with E-state index in [0.29, 0.717) is 59.2 Å². The number of piperidine rings is 1. The van der Waals surface area contributed by atoms with Crippen LogP contribution in [-0.4, -0.2) is 87.4 Å². The Labute approximate surface area is 326 Å². The Hall–Kier alpha value is -7.17. The lowest BCUT2D eigenvalue weighted by molar-refractivity contribution is -0.136. The van der Waals surface area contributed by atoms with Gasteiger partial charge in [0.05, 0.1) is 36.7 Å². The summed E-state index contributed by atoms with van der Waals surface area (Å²) < 4.78 is 18.5. The summed E-state index contributed by atoms with van der Waals surface area (Å²) in [4.78, 5) is 89.5. The van der Waals surface area contributed by atoms with Gasteiger partial charge in [0.25, 0.3) is 11.8 Å². The normalized spacial score (nSPS) is 15.0. The number of hydrogen-bond donors (Lipinski definition) is 3. The molecule has 0 bridgehead atoms. The minimum atomic E-state index is -1.14. The highest BCUT2D eigenvalue weighted by Gasteiger charge is 2.45. The van der Waals surface area contributed by atoms with Gasteiger partial charge in [0.15, 0.2) is 17.3 Å². The van der Waals surface area contributed by atoms with Gasteiger partial charge in [-0.05, 0) is 67.8 Å². The first-order valence-electron chi connectivity index (χ1n) is 18.0. The first kappa shape index (κ1) is 39.5. The third kappa shape index (κ3) is 9.04. The molecule has 1 aromatic heterocycles. The molecule has 2 aliphatic heterocycles. The average molecular weight is 778 g/mol. The highest BCUT2D eigenvalue weighted by Crippen LogP contribution is 2.34. The number of imide groups is 2. The average Bonchev–Trinajstić information content (AvgIpc) is 3.74. The van der Waals surface area contributed by atoms with Crippen LogP contribution in [0.25, 0.3) is 6.08 Å². The van der Waals surface area contributed by atoms with Gasteiger partial charge in [-0.2, -0.15) is 0 Å². The van der Waals surface area contributed by atoms with Crippen LogP contribution in [0.3, 0.4) is 0 Å². The fourth-order valence-electron chi connectivity index (χ4n) is 6.43. The molecule has 0 aliphatic carbocycles. The molecule has 3 aromatic carbocycles. The van der Waals surface area contributed by atoms with Crippen molar-refractivity contribution in [1.29, 1.82) is 0 Å². The molecule has 1 fully saturated rings. The van der Waals surface area contributed by atoms with Crippen LogP contribution < -0.4 is 30.2 Å². The van der Waals surface area contributed by atoms with E-state index >= 15 is 0 Å². The van der Waals surface area contributed by atoms with Crippen LogP contribution in [0.15, 0.2) is 66.9 Å². The number of carbonyl (C=O) groups excluding carboxylic acids is 7. The van der Waals surface area contributed by atoms with E-state index in [1.807, 2.05) is 6.92 Å². The van der Waals surface area contributed by atoms with Crippen molar-refractivity contribution in [2.24, 2.45) is 0 Å². The number of methoxy groups -OCH3 is 1. The van der Waals surface area contributed by atoms with E-state index in [-0.39, 0.29) is 54.5 Å². The summed E-state index contributed by atoms with van der Waals surface area (Å²) in [6, 6.07) is 13.7. The number of ketones is 1. The fourth-order valence-corrected chi connectivity index (χ4v) is 6.43. The lowest BCUT2D eigenvalue weighted by atomic mass is 9.98. The van der Waals surface area contributed by atoms with Crippen molar-refractivity contribution in [3.8, 4) is 17.2 Å². The number of aromatic nitrogens is 3. The van der Waals surface area contributed by atoms with Gasteiger partial charge in [-0.15, -0.1) is 5.10 Å². The molecule has 3 N–H and O–H groups in total. The quantitative estimate of drug-likeness (QED) is 0.0851. The molecule has 6 rings (SSSR count). The summed E-state index contributed by atoms with van der Waals surface area (Å²) in [7, 11) is 1.51. The molecule has 4 aromatic rings. The maximum atomic E-state index is 13.6. The number of allylic oxidation sites excluding steroid dienone is 1. The molecule has 1 unspecified atom stereocenters. The molecular formula is C40H39N7O10. The standard InChI is InChI=1S/C40H39N7O10/c1-4-56-34-19-28(25(18-33(34)55-3)16-17-41-23(2)48)31(49)14-12-24-8-5-6-11-32(24)57-22-26-20-46(45-44-26)21-36(51)42-29-10-7-9-27-37(29)40(54)47(39(27)53)30-13-15-35(50)43-38(30)52/h5-12,14,18-20,30H,4,13,15-17,21-22H2,1-3H3,(H,41,48)(H,42,51)(H,43,50,52)/b14-12+. The number of hydrogen-bond acceptors (Lipinski definition) is 12. The summed E-state index contributed by atoms with van der Waals surface area (Å²) in [5, 5.41) is 15.6. The summed E-state index contributed by atoms with van der Waals surface area (Å²) >= 11 is 0. The van der Waals surface area contributed by atoms with Crippen molar-refractivity contribution in [3.63, 3.8) is 0 Å². The highest BCUT2D eigenvalue weighted by atomic mass is 16.5. The van der Waals surface area contributed by atoms with Crippen LogP contribution in [0, 0.1) is 0 Å². The lowest BCUT2D eigenvalue weighted by Crippen LogP contribution is -2.54. The number of carbonyl (C=O) groups is 7. The Morgan fingerprint density at radius 1 is 0.982 bits per heavy atom. The predicted octanol–water partition coefficient (Wildman–Crippen LogP) is 2.88. The topological polar surface area (TPSA) is 217 Å². The molecule has 0 radical (unpaired) electrons. The summed E-state index contributed by atoms with van der Waals surface area (Å²) in [6.45, 7) is 3.63. The van der Waals surface area contributed by atoms with Crippen molar-refractivity contribution < 1.29 is 47.8 Å². The minimum Gasteiger partial charge on any atom is -0.493 e. The van der Waals surface area contributed by atoms with E-state index in [1.54, 1.807) is 42.5 Å². The number of benzene rings is 3. The van der Waals surface area contributed by atoms with E-state index in [4.69, 9.17) is 14.2 Å². The van der Waals surface area contributed by atoms with Crippen LogP contribution in [0.1, 0.15) is 74.6 Å². The second kappa shape index (κ2) is 17.5. The second-order valence-corrected chi connectivity index (χ2v) is 13.0. The molecule has 57 heavy (non-hydrogen) atoms. The summed E-state index contributed by atoms with van der Waals surface area (Å²) in [5.41, 5.74) is 2.13. The Morgan fingerprint density at radius 2 is 1.79 bits per heavy atom. The molecule has 17 heteroatoms. The highest BCUT2D eigenvalue weighted by molar-refractivity contribution is 6.26. The summed E-state index contributed by atoms with van der Waals surface area (Å²) in [6.07, 6.45) is 4.94. The van der Waals surface area contributed by atoms with Crippen molar-refractivity contribution >= 4 is 53.0 Å². The van der Waals surface area contributed by atoms with E-state index in [0.717, 1.165) is 4.90 Å². The Bertz CT molecular complexity index is 2300. The van der Waals surface area contributed by atoms with Gasteiger partial charge in [-0.3, -0.25) is 43.8 Å². The molecule has 1 atom stereocenters. The SMILES string of the molecule is CCOc1cc(C(=O)/C=C/c2ccccc2OCc2cn(CC(=O)Nc3cccc4c3C(=O)N(C3CCC(=O)NC3=O)C4=O)nn2)c(CCNC(C)=O)cc1OC. The zero-order valence-corrected chi connectivity index (χ0v) is 31.3. The number of anilines is 1. The van der Waals surface area contributed by atoms with Gasteiger partial charge < -0.3 is 24.8 Å². The zero-order valence-electron chi connectivity index (χ0n) is 31.3. The van der Waals surface area contributed by atoms with Crippen molar-refractivity contribution in [2.45, 2.75) is 52.3 Å². The number of ether oxygens (including phenoxy) is 3. The van der Waals surface area contributed by atoms with Crippen LogP contribution in [0.2, 0.25) is 0 Å². The molecule has 17 nitrogen and oxygen atoms in total. The molecule has 6 amide bonds. The lowest BCUT2D eigenvalue weighted by Gasteiger charge is -2.27. The van der Waals surface area contributed by atoms with Crippen molar-refractivity contribution in [3.05, 3.63) is 100 Å². The smallest absolute Gasteiger partial charge is 0.264 e. The molecule has 2 aliphatic rings. The first-order valence-corrected chi connectivity index (χ1v) is 18.0. The Morgan fingerprint density at radius 3 is 2.54 bits per heavy atom. The molecule has 0 spiro atoms. The molecular weight excluding hydrogens is 738 g/mol. The van der Waals surface area contributed by atoms with Gasteiger partial charge in [0.2, 0.25) is 23.6 Å². The molecule has 0 saturated carbocycles. The van der Waals surface area contributed by atoms with E-state index in [1.165, 1.54) is 49.2 Å². The first-order chi connectivity index (χ1) is 27.5. The van der Waals surface area contributed by atoms with E-state index < -0.39 is 35.6 Å². The maximum absolute atomic E-state index is 13.6. The Kier molecular flexibility index (Phi) is 12.2. The molecule has 1 saturated heterocycles. The summed E-state index contributed by atoms with van der Waals surface area (Å²) in [5.74, 6) is -2.36. The van der Waals surface area contributed by atoms with E-state index in [2.05, 4.69) is 26.3 Å². The number of nitrogens with one attached hydrogen (secondary N) is 3. The fraction of sp³-hybridized carbons (Fsp3) is 0.275. The number of nitrogens with zero attached hydrogens (tertiary/aromatic N) is 4. The second-order valence-electron chi connectivity index (χ2n) is 13.0. The third-order valence-electron chi connectivity index (χ3n) is 9.07. The Balaban J connectivity index is 1.09. The molecule has 3 heterocycles. The zero-order chi connectivity index (χ0) is 40.6. The molecule has 294 valence electrons. The van der Waals surface area contributed by atoms with Gasteiger partial charge in [0, 0.05) is 31.0 Å². The van der Waals surface area contributed by atoms with Gasteiger partial charge in [-0.25, -0.2) is 4.68 Å². The number of para-hydroxylation sites is 1. The number of amides is 6. The largest absolute Gasteiger partial charge is 0.493 e. The minimum absolute atomic E-state index is 0.00257. The van der Waals surface area contributed by atoms with Crippen LogP contribution in [0.5, 0.6) is 17.2 Å². The van der Waals surface area contributed by atoms with E-state index in [9.17, 15) is 33.6 Å². The van der Waals surface area contributed by atoms with Crippen LogP contribution in [0.4, 0.5) is 5.69 Å².